The molecule has 0 saturated carbocycles. The minimum Gasteiger partial charge on any atom is -0.310 e. The fraction of sp³-hybridized carbons (Fsp3) is 0. The first kappa shape index (κ1) is 30.2. The zero-order valence-corrected chi connectivity index (χ0v) is 27.9. The Labute approximate surface area is 297 Å². The van der Waals surface area contributed by atoms with Crippen LogP contribution in [0.25, 0.3) is 66.6 Å². The normalized spacial score (nSPS) is 11.1. The first-order valence-electron chi connectivity index (χ1n) is 17.2. The van der Waals surface area contributed by atoms with Crippen LogP contribution in [0.3, 0.4) is 0 Å². The molecule has 8 aromatic carbocycles. The van der Waals surface area contributed by atoms with E-state index >= 15 is 0 Å². The number of para-hydroxylation sites is 2. The molecular weight excluding hydrogens is 619 g/mol. The van der Waals surface area contributed by atoms with Gasteiger partial charge in [0.2, 0.25) is 0 Å². The maximum Gasteiger partial charge on any atom is 0.0973 e. The minimum absolute atomic E-state index is 0.872. The molecule has 0 aliphatic rings. The molecule has 0 atom stereocenters. The third-order valence-electron chi connectivity index (χ3n) is 9.39. The fourth-order valence-electron chi connectivity index (χ4n) is 6.92. The van der Waals surface area contributed by atoms with E-state index in [4.69, 9.17) is 9.97 Å². The highest BCUT2D eigenvalue weighted by molar-refractivity contribution is 6.07. The van der Waals surface area contributed by atoms with Crippen molar-refractivity contribution in [2.24, 2.45) is 0 Å². The van der Waals surface area contributed by atoms with Crippen LogP contribution in [0.4, 0.5) is 17.1 Å². The average Bonchev–Trinajstić information content (AvgIpc) is 3.22. The third-order valence-corrected chi connectivity index (χ3v) is 9.39. The average molecular weight is 652 g/mol. The van der Waals surface area contributed by atoms with E-state index in [0.29, 0.717) is 0 Å². The summed E-state index contributed by atoms with van der Waals surface area (Å²) in [5.74, 6) is 0. The Bertz CT molecular complexity index is 2570. The van der Waals surface area contributed by atoms with Crippen LogP contribution in [-0.4, -0.2) is 9.97 Å². The third kappa shape index (κ3) is 5.92. The van der Waals surface area contributed by atoms with Gasteiger partial charge in [-0.05, 0) is 82.2 Å². The van der Waals surface area contributed by atoms with E-state index in [0.717, 1.165) is 78.1 Å². The van der Waals surface area contributed by atoms with Crippen LogP contribution in [0.1, 0.15) is 0 Å². The summed E-state index contributed by atoms with van der Waals surface area (Å²) in [6.45, 7) is 0. The van der Waals surface area contributed by atoms with Crippen molar-refractivity contribution in [3.8, 4) is 44.8 Å². The molecule has 9 aromatic rings. The van der Waals surface area contributed by atoms with Crippen molar-refractivity contribution in [1.29, 1.82) is 0 Å². The number of aromatic nitrogens is 2. The second-order valence-electron chi connectivity index (χ2n) is 12.7. The molecule has 0 N–H and O–H groups in total. The van der Waals surface area contributed by atoms with Crippen molar-refractivity contribution < 1.29 is 0 Å². The molecule has 1 aromatic heterocycles. The van der Waals surface area contributed by atoms with E-state index in [1.807, 2.05) is 12.1 Å². The van der Waals surface area contributed by atoms with Crippen LogP contribution in [0.2, 0.25) is 0 Å². The van der Waals surface area contributed by atoms with Crippen LogP contribution in [0, 0.1) is 0 Å². The Hall–Kier alpha value is -6.84. The summed E-state index contributed by atoms with van der Waals surface area (Å²) in [4.78, 5) is 13.0. The summed E-state index contributed by atoms with van der Waals surface area (Å²) in [7, 11) is 0. The van der Waals surface area contributed by atoms with Gasteiger partial charge in [-0.15, -0.1) is 0 Å². The number of hydrogen-bond acceptors (Lipinski definition) is 3. The molecule has 0 spiro atoms. The molecule has 0 aliphatic carbocycles. The molecule has 51 heavy (non-hydrogen) atoms. The van der Waals surface area contributed by atoms with Gasteiger partial charge in [0.1, 0.15) is 0 Å². The van der Waals surface area contributed by atoms with Gasteiger partial charge in [0.05, 0.1) is 22.4 Å². The van der Waals surface area contributed by atoms with Gasteiger partial charge in [0.15, 0.2) is 0 Å². The molecule has 240 valence electrons. The maximum absolute atomic E-state index is 5.40. The van der Waals surface area contributed by atoms with Gasteiger partial charge >= 0.3 is 0 Å². The molecule has 3 nitrogen and oxygen atoms in total. The van der Waals surface area contributed by atoms with Crippen molar-refractivity contribution in [2.75, 3.05) is 4.90 Å². The lowest BCUT2D eigenvalue weighted by atomic mass is 9.95. The molecule has 0 amide bonds. The smallest absolute Gasteiger partial charge is 0.0973 e. The zero-order chi connectivity index (χ0) is 34.0. The zero-order valence-electron chi connectivity index (χ0n) is 27.9. The molecule has 0 saturated heterocycles. The van der Waals surface area contributed by atoms with E-state index in [1.54, 1.807) is 0 Å². The Morgan fingerprint density at radius 2 is 0.784 bits per heavy atom. The molecule has 3 heteroatoms. The Balaban J connectivity index is 1.27. The van der Waals surface area contributed by atoms with E-state index in [9.17, 15) is 0 Å². The van der Waals surface area contributed by atoms with Gasteiger partial charge < -0.3 is 4.90 Å². The number of hydrogen-bond donors (Lipinski definition) is 0. The number of fused-ring (bicyclic) bond motifs is 3. The predicted octanol–water partition coefficient (Wildman–Crippen LogP) is 12.9. The van der Waals surface area contributed by atoms with Gasteiger partial charge in [-0.1, -0.05) is 146 Å². The lowest BCUT2D eigenvalue weighted by molar-refractivity contribution is 1.28. The van der Waals surface area contributed by atoms with Crippen LogP contribution < -0.4 is 4.90 Å². The van der Waals surface area contributed by atoms with Gasteiger partial charge in [-0.3, -0.25) is 0 Å². The first-order chi connectivity index (χ1) is 25.3. The molecule has 0 radical (unpaired) electrons. The monoisotopic (exact) mass is 651 g/mol. The van der Waals surface area contributed by atoms with E-state index in [1.165, 1.54) is 5.56 Å². The lowest BCUT2D eigenvalue weighted by Crippen LogP contribution is -2.10. The van der Waals surface area contributed by atoms with Gasteiger partial charge in [-0.25, -0.2) is 9.97 Å². The standard InChI is InChI=1S/C48H33N3/c1-6-16-34(17-7-1)39-30-40(32-43(31-39)51(41-22-12-4-13-23-41)42-24-14-5-15-25-42)38-27-26-35-28-29-45-48(44(35)33-38)50-47(37-20-10-3-11-21-37)46(49-45)36-18-8-2-9-19-36/h1-33H. The number of benzene rings is 8. The lowest BCUT2D eigenvalue weighted by Gasteiger charge is -2.26. The summed E-state index contributed by atoms with van der Waals surface area (Å²) in [6.07, 6.45) is 0. The molecule has 9 rings (SSSR count). The maximum atomic E-state index is 5.40. The highest BCUT2D eigenvalue weighted by Gasteiger charge is 2.18. The number of anilines is 3. The molecule has 1 heterocycles. The SMILES string of the molecule is c1ccc(-c2cc(-c3ccc4ccc5nc(-c6ccccc6)c(-c6ccccc6)nc5c4c3)cc(N(c3ccccc3)c3ccccc3)c2)cc1. The second-order valence-corrected chi connectivity index (χ2v) is 12.7. The molecule has 0 fully saturated rings. The van der Waals surface area contributed by atoms with Crippen LogP contribution in [0.5, 0.6) is 0 Å². The Morgan fingerprint density at radius 3 is 1.35 bits per heavy atom. The second kappa shape index (κ2) is 13.2. The van der Waals surface area contributed by atoms with E-state index in [2.05, 4.69) is 193 Å². The van der Waals surface area contributed by atoms with Crippen molar-refractivity contribution >= 4 is 38.9 Å². The van der Waals surface area contributed by atoms with Crippen molar-refractivity contribution in [1.82, 2.24) is 9.97 Å². The first-order valence-corrected chi connectivity index (χ1v) is 17.2. The van der Waals surface area contributed by atoms with Crippen molar-refractivity contribution in [3.63, 3.8) is 0 Å². The number of nitrogens with zero attached hydrogens (tertiary/aromatic N) is 3. The van der Waals surface area contributed by atoms with Crippen LogP contribution >= 0.6 is 0 Å². The topological polar surface area (TPSA) is 29.0 Å². The van der Waals surface area contributed by atoms with E-state index in [-0.39, 0.29) is 0 Å². The molecule has 0 bridgehead atoms. The summed E-state index contributed by atoms with van der Waals surface area (Å²) in [5.41, 5.74) is 13.4. The fourth-order valence-corrected chi connectivity index (χ4v) is 6.92. The minimum atomic E-state index is 0.872. The highest BCUT2D eigenvalue weighted by Crippen LogP contribution is 2.41. The molecule has 0 aliphatic heterocycles. The van der Waals surface area contributed by atoms with Gasteiger partial charge in [0, 0.05) is 33.6 Å². The summed E-state index contributed by atoms with van der Waals surface area (Å²) in [5, 5.41) is 2.20. The predicted molar refractivity (Wildman–Crippen MR) is 213 cm³/mol. The van der Waals surface area contributed by atoms with Crippen molar-refractivity contribution in [3.05, 3.63) is 200 Å². The Kier molecular flexibility index (Phi) is 7.84. The van der Waals surface area contributed by atoms with Gasteiger partial charge in [-0.2, -0.15) is 0 Å². The largest absolute Gasteiger partial charge is 0.310 e. The Morgan fingerprint density at radius 1 is 0.314 bits per heavy atom. The van der Waals surface area contributed by atoms with Crippen LogP contribution in [-0.2, 0) is 0 Å². The van der Waals surface area contributed by atoms with Crippen molar-refractivity contribution in [2.45, 2.75) is 0 Å². The van der Waals surface area contributed by atoms with Gasteiger partial charge in [0.25, 0.3) is 0 Å². The van der Waals surface area contributed by atoms with E-state index < -0.39 is 0 Å². The number of rotatable bonds is 7. The highest BCUT2D eigenvalue weighted by atomic mass is 15.1. The molecular formula is C48H33N3. The summed E-state index contributed by atoms with van der Waals surface area (Å²) >= 11 is 0. The quantitative estimate of drug-likeness (QED) is 0.161. The molecule has 0 unspecified atom stereocenters. The summed E-state index contributed by atoms with van der Waals surface area (Å²) < 4.78 is 0. The summed E-state index contributed by atoms with van der Waals surface area (Å²) in [6, 6.07) is 70.4. The van der Waals surface area contributed by atoms with Crippen LogP contribution in [0.15, 0.2) is 200 Å².